The number of nitrogens with one attached hydrogen (secondary N) is 1. The lowest BCUT2D eigenvalue weighted by molar-refractivity contribution is 0.245. The van der Waals surface area contributed by atoms with E-state index in [0.29, 0.717) is 6.54 Å². The molecular formula is C29H33N3O2S. The van der Waals surface area contributed by atoms with Crippen molar-refractivity contribution in [3.8, 4) is 11.1 Å². The topological polar surface area (TPSA) is 78.6 Å². The van der Waals surface area contributed by atoms with E-state index in [1.165, 1.54) is 52.6 Å². The average Bonchev–Trinajstić information content (AvgIpc) is 3.47. The van der Waals surface area contributed by atoms with Crippen LogP contribution in [0.4, 0.5) is 10.5 Å². The molecule has 0 aromatic heterocycles. The molecule has 35 heavy (non-hydrogen) atoms. The van der Waals surface area contributed by atoms with Crippen LogP contribution in [-0.4, -0.2) is 17.7 Å². The van der Waals surface area contributed by atoms with E-state index in [2.05, 4.69) is 49.5 Å². The fraction of sp³-hybridized carbons (Fsp3) is 0.345. The Kier molecular flexibility index (Phi) is 6.62. The van der Waals surface area contributed by atoms with E-state index < -0.39 is 0 Å². The maximum atomic E-state index is 13.3. The Hall–Kier alpha value is -2.80. The molecule has 3 aromatic rings. The van der Waals surface area contributed by atoms with Crippen molar-refractivity contribution in [2.75, 3.05) is 11.4 Å². The van der Waals surface area contributed by atoms with Gasteiger partial charge in [-0.3, -0.25) is 10.0 Å². The summed E-state index contributed by atoms with van der Waals surface area (Å²) >= 11 is 1.22. The van der Waals surface area contributed by atoms with Crippen LogP contribution in [0, 0.1) is 13.8 Å². The number of aliphatic hydroxyl groups is 1. The molecule has 182 valence electrons. The first-order valence-electron chi connectivity index (χ1n) is 12.3. The molecule has 5 nitrogen and oxygen atoms in total. The van der Waals surface area contributed by atoms with Gasteiger partial charge >= 0.3 is 6.03 Å². The number of urea groups is 1. The van der Waals surface area contributed by atoms with Crippen molar-refractivity contribution in [3.63, 3.8) is 0 Å². The van der Waals surface area contributed by atoms with Gasteiger partial charge in [0, 0.05) is 29.1 Å². The number of nitrogens with zero attached hydrogens (tertiary/aromatic N) is 1. The number of hydrogen-bond acceptors (Lipinski definition) is 4. The monoisotopic (exact) mass is 487 g/mol. The zero-order valence-electron chi connectivity index (χ0n) is 20.4. The van der Waals surface area contributed by atoms with E-state index in [-0.39, 0.29) is 18.1 Å². The Morgan fingerprint density at radius 1 is 1.03 bits per heavy atom. The van der Waals surface area contributed by atoms with Gasteiger partial charge in [-0.2, -0.15) is 0 Å². The van der Waals surface area contributed by atoms with Crippen LogP contribution in [0.5, 0.6) is 0 Å². The summed E-state index contributed by atoms with van der Waals surface area (Å²) in [5.74, 6) is 0. The van der Waals surface area contributed by atoms with Gasteiger partial charge in [0.25, 0.3) is 0 Å². The Morgan fingerprint density at radius 2 is 1.71 bits per heavy atom. The maximum absolute atomic E-state index is 13.3. The summed E-state index contributed by atoms with van der Waals surface area (Å²) in [6, 6.07) is 18.7. The summed E-state index contributed by atoms with van der Waals surface area (Å²) in [6.07, 6.45) is 4.64. The number of aryl methyl sites for hydroxylation is 2. The van der Waals surface area contributed by atoms with E-state index in [0.717, 1.165) is 41.1 Å². The van der Waals surface area contributed by atoms with Gasteiger partial charge in [-0.05, 0) is 102 Å². The largest absolute Gasteiger partial charge is 0.392 e. The standard InChI is InChI=1S/C29H33N3O2S/c1-19-13-22(17-33)14-20(2)27(19)23-7-10-26-25(15-23)29(11-3-4-12-29)18-32(26)28(34)31-16-21-5-8-24(35-30)9-6-21/h5-10,13-15,33H,3-4,11-12,16-18,30H2,1-2H3,(H,31,34). The Balaban J connectivity index is 1.44. The van der Waals surface area contributed by atoms with Crippen LogP contribution in [0.3, 0.4) is 0 Å². The molecule has 5 rings (SSSR count). The summed E-state index contributed by atoms with van der Waals surface area (Å²) in [5, 5.41) is 18.3. The third-order valence-corrected chi connectivity index (χ3v) is 8.24. The predicted molar refractivity (Wildman–Crippen MR) is 143 cm³/mol. The van der Waals surface area contributed by atoms with E-state index >= 15 is 0 Å². The summed E-state index contributed by atoms with van der Waals surface area (Å²) in [5.41, 5.74) is 9.12. The highest BCUT2D eigenvalue weighted by Crippen LogP contribution is 2.51. The van der Waals surface area contributed by atoms with E-state index in [1.807, 2.05) is 29.2 Å². The first-order valence-corrected chi connectivity index (χ1v) is 13.2. The van der Waals surface area contributed by atoms with Crippen molar-refractivity contribution < 1.29 is 9.90 Å². The summed E-state index contributed by atoms with van der Waals surface area (Å²) in [6.45, 7) is 5.50. The fourth-order valence-electron chi connectivity index (χ4n) is 6.04. The number of rotatable bonds is 5. The number of carbonyl (C=O) groups is 1. The SMILES string of the molecule is Cc1cc(CO)cc(C)c1-c1ccc2c(c1)C1(CCCC1)CN2C(=O)NCc1ccc(SN)cc1. The lowest BCUT2D eigenvalue weighted by atomic mass is 9.79. The van der Waals surface area contributed by atoms with Crippen LogP contribution in [0.15, 0.2) is 59.5 Å². The second kappa shape index (κ2) is 9.69. The number of fused-ring (bicyclic) bond motifs is 2. The van der Waals surface area contributed by atoms with Gasteiger partial charge in [-0.25, -0.2) is 4.79 Å². The molecule has 1 fully saturated rings. The molecule has 1 saturated carbocycles. The number of benzene rings is 3. The third-order valence-electron chi connectivity index (χ3n) is 7.69. The van der Waals surface area contributed by atoms with Gasteiger partial charge in [-0.1, -0.05) is 43.2 Å². The summed E-state index contributed by atoms with van der Waals surface area (Å²) in [4.78, 5) is 16.3. The van der Waals surface area contributed by atoms with Crippen molar-refractivity contribution in [2.24, 2.45) is 5.14 Å². The third kappa shape index (κ3) is 4.46. The molecule has 0 bridgehead atoms. The van der Waals surface area contributed by atoms with Gasteiger partial charge in [0.1, 0.15) is 0 Å². The molecule has 1 spiro atoms. The minimum Gasteiger partial charge on any atom is -0.392 e. The Labute approximate surface area is 211 Å². The molecule has 0 atom stereocenters. The molecule has 6 heteroatoms. The van der Waals surface area contributed by atoms with E-state index in [4.69, 9.17) is 5.14 Å². The fourth-order valence-corrected chi connectivity index (χ4v) is 6.34. The van der Waals surface area contributed by atoms with Gasteiger partial charge in [0.2, 0.25) is 0 Å². The van der Waals surface area contributed by atoms with Crippen molar-refractivity contribution in [2.45, 2.75) is 63.0 Å². The van der Waals surface area contributed by atoms with Gasteiger partial charge < -0.3 is 10.4 Å². The molecular weight excluding hydrogens is 454 g/mol. The molecule has 1 heterocycles. The van der Waals surface area contributed by atoms with Crippen molar-refractivity contribution in [3.05, 3.63) is 82.4 Å². The number of carbonyl (C=O) groups excluding carboxylic acids is 1. The molecule has 3 aromatic carbocycles. The summed E-state index contributed by atoms with van der Waals surface area (Å²) < 4.78 is 0. The normalized spacial score (nSPS) is 16.1. The molecule has 0 radical (unpaired) electrons. The van der Waals surface area contributed by atoms with Gasteiger partial charge in [-0.15, -0.1) is 0 Å². The molecule has 1 aliphatic heterocycles. The Morgan fingerprint density at radius 3 is 2.34 bits per heavy atom. The highest BCUT2D eigenvalue weighted by Gasteiger charge is 2.46. The van der Waals surface area contributed by atoms with Crippen molar-refractivity contribution in [1.29, 1.82) is 0 Å². The number of nitrogens with two attached hydrogens (primary N) is 1. The highest BCUT2D eigenvalue weighted by molar-refractivity contribution is 7.97. The lowest BCUT2D eigenvalue weighted by Gasteiger charge is -2.25. The minimum absolute atomic E-state index is 0.0372. The number of aliphatic hydroxyl groups excluding tert-OH is 1. The molecule has 4 N–H and O–H groups in total. The smallest absolute Gasteiger partial charge is 0.322 e. The Bertz CT molecular complexity index is 1230. The first kappa shape index (κ1) is 23.9. The molecule has 2 amide bonds. The average molecular weight is 488 g/mol. The molecule has 0 saturated heterocycles. The maximum Gasteiger partial charge on any atom is 0.322 e. The number of amides is 2. The number of anilines is 1. The van der Waals surface area contributed by atoms with Crippen LogP contribution in [0.25, 0.3) is 11.1 Å². The second-order valence-corrected chi connectivity index (χ2v) is 10.7. The zero-order chi connectivity index (χ0) is 24.6. The van der Waals surface area contributed by atoms with Crippen LogP contribution >= 0.6 is 11.9 Å². The number of hydrogen-bond donors (Lipinski definition) is 3. The molecule has 1 aliphatic carbocycles. The molecule has 2 aliphatic rings. The van der Waals surface area contributed by atoms with E-state index in [1.54, 1.807) is 0 Å². The zero-order valence-corrected chi connectivity index (χ0v) is 21.3. The highest BCUT2D eigenvalue weighted by atomic mass is 32.2. The minimum atomic E-state index is -0.0419. The van der Waals surface area contributed by atoms with Gasteiger partial charge in [0.15, 0.2) is 0 Å². The van der Waals surface area contributed by atoms with Crippen LogP contribution in [0.1, 0.15) is 53.5 Å². The second-order valence-electron chi connectivity index (χ2n) is 9.99. The van der Waals surface area contributed by atoms with E-state index in [9.17, 15) is 9.90 Å². The van der Waals surface area contributed by atoms with Gasteiger partial charge in [0.05, 0.1) is 6.61 Å². The summed E-state index contributed by atoms with van der Waals surface area (Å²) in [7, 11) is 0. The van der Waals surface area contributed by atoms with Crippen LogP contribution in [-0.2, 0) is 18.6 Å². The quantitative estimate of drug-likeness (QED) is 0.388. The molecule has 0 unspecified atom stereocenters. The van der Waals surface area contributed by atoms with Crippen molar-refractivity contribution >= 4 is 23.7 Å². The van der Waals surface area contributed by atoms with Crippen LogP contribution in [0.2, 0.25) is 0 Å². The predicted octanol–water partition coefficient (Wildman–Crippen LogP) is 5.97. The lowest BCUT2D eigenvalue weighted by Crippen LogP contribution is -2.41. The first-order chi connectivity index (χ1) is 16.9. The van der Waals surface area contributed by atoms with Crippen molar-refractivity contribution in [1.82, 2.24) is 5.32 Å². The van der Waals surface area contributed by atoms with Crippen LogP contribution < -0.4 is 15.4 Å².